The topological polar surface area (TPSA) is 115 Å². The summed E-state index contributed by atoms with van der Waals surface area (Å²) >= 11 is 0. The number of amides is 1. The molecule has 176 valence electrons. The Bertz CT molecular complexity index is 1210. The van der Waals surface area contributed by atoms with Gasteiger partial charge in [-0.25, -0.2) is 0 Å². The zero-order chi connectivity index (χ0) is 23.8. The molecule has 3 aromatic rings. The smallest absolute Gasteiger partial charge is 0.331 e. The van der Waals surface area contributed by atoms with Gasteiger partial charge in [0.05, 0.1) is 17.7 Å². The third kappa shape index (κ3) is 4.72. The zero-order valence-corrected chi connectivity index (χ0v) is 19.9. The van der Waals surface area contributed by atoms with Crippen molar-refractivity contribution in [1.29, 1.82) is 0 Å². The molecule has 0 fully saturated rings. The third-order valence-corrected chi connectivity index (χ3v) is 8.54. The molecule has 1 aromatic heterocycles. The lowest BCUT2D eigenvalue weighted by atomic mass is 9.84. The number of hydrogen-bond donors (Lipinski definition) is 3. The molecular formula is C25H31N2O5P. The van der Waals surface area contributed by atoms with Crippen LogP contribution in [-0.2, 0) is 22.3 Å². The van der Waals surface area contributed by atoms with Gasteiger partial charge < -0.3 is 24.8 Å². The molecule has 0 radical (unpaired) electrons. The van der Waals surface area contributed by atoms with Crippen molar-refractivity contribution in [3.8, 4) is 5.75 Å². The highest BCUT2D eigenvalue weighted by molar-refractivity contribution is 7.53. The van der Waals surface area contributed by atoms with Crippen LogP contribution >= 0.6 is 7.60 Å². The zero-order valence-electron chi connectivity index (χ0n) is 19.0. The Morgan fingerprint density at radius 3 is 2.61 bits per heavy atom. The van der Waals surface area contributed by atoms with Crippen LogP contribution < -0.4 is 10.5 Å². The van der Waals surface area contributed by atoms with Crippen LogP contribution in [0.3, 0.4) is 0 Å². The Labute approximate surface area is 193 Å². The first-order chi connectivity index (χ1) is 15.6. The second-order valence-electron chi connectivity index (χ2n) is 9.41. The number of benzene rings is 2. The first-order valence-electron chi connectivity index (χ1n) is 11.3. The van der Waals surface area contributed by atoms with Gasteiger partial charge in [0.25, 0.3) is 0 Å². The van der Waals surface area contributed by atoms with Gasteiger partial charge in [-0.3, -0.25) is 9.36 Å². The number of hydrogen-bond acceptors (Lipinski definition) is 3. The van der Waals surface area contributed by atoms with Crippen molar-refractivity contribution < 1.29 is 23.9 Å². The highest BCUT2D eigenvalue weighted by Crippen LogP contribution is 2.52. The highest BCUT2D eigenvalue weighted by atomic mass is 31.2. The average molecular weight is 471 g/mol. The van der Waals surface area contributed by atoms with E-state index >= 15 is 0 Å². The maximum atomic E-state index is 12.3. The van der Waals surface area contributed by atoms with E-state index in [1.54, 1.807) is 0 Å². The van der Waals surface area contributed by atoms with Crippen LogP contribution in [0.5, 0.6) is 5.75 Å². The second-order valence-corrected chi connectivity index (χ2v) is 11.7. The van der Waals surface area contributed by atoms with Gasteiger partial charge in [-0.2, -0.15) is 0 Å². The van der Waals surface area contributed by atoms with Crippen LogP contribution in [0.2, 0.25) is 0 Å². The Morgan fingerprint density at radius 1 is 1.21 bits per heavy atom. The standard InChI is InChI=1S/C25H31N2O5P/c1-25(2,33(29,30)31)13-14-32-18-11-12-21-20(15-18)23-19(24(26)28)9-6-10-22(23)27(21)16-17-7-4-3-5-8-17/h3-5,7-8,11-12,15,19H,6,9-10,13-14,16H2,1-2H3,(H2,26,28)(H2,29,30,31). The molecule has 1 aliphatic rings. The molecule has 2 aromatic carbocycles. The molecule has 1 amide bonds. The number of carbonyl (C=O) groups is 1. The predicted molar refractivity (Wildman–Crippen MR) is 129 cm³/mol. The van der Waals surface area contributed by atoms with Crippen molar-refractivity contribution in [2.75, 3.05) is 6.61 Å². The Hall–Kier alpha value is -2.60. The molecule has 4 rings (SSSR count). The first kappa shape index (κ1) is 23.6. The number of nitrogens with zero attached hydrogens (tertiary/aromatic N) is 1. The van der Waals surface area contributed by atoms with E-state index in [9.17, 15) is 19.1 Å². The monoisotopic (exact) mass is 470 g/mol. The van der Waals surface area contributed by atoms with Crippen molar-refractivity contribution in [2.24, 2.45) is 5.73 Å². The SMILES string of the molecule is CC(C)(CCOc1ccc2c(c1)c1c(n2Cc2ccccc2)CCCC1C(N)=O)P(=O)(O)O. The minimum absolute atomic E-state index is 0.176. The molecule has 1 heterocycles. The maximum Gasteiger partial charge on any atom is 0.331 e. The molecule has 1 atom stereocenters. The van der Waals surface area contributed by atoms with E-state index in [0.717, 1.165) is 41.4 Å². The third-order valence-electron chi connectivity index (χ3n) is 6.74. The van der Waals surface area contributed by atoms with Gasteiger partial charge in [0, 0.05) is 23.1 Å². The van der Waals surface area contributed by atoms with E-state index in [2.05, 4.69) is 16.7 Å². The predicted octanol–water partition coefficient (Wildman–Crippen LogP) is 4.32. The summed E-state index contributed by atoms with van der Waals surface area (Å²) in [7, 11) is -4.23. The summed E-state index contributed by atoms with van der Waals surface area (Å²) in [5.41, 5.74) is 10.1. The van der Waals surface area contributed by atoms with Crippen molar-refractivity contribution in [1.82, 2.24) is 4.57 Å². The molecule has 0 saturated heterocycles. The average Bonchev–Trinajstić information content (AvgIpc) is 3.06. The maximum absolute atomic E-state index is 12.3. The van der Waals surface area contributed by atoms with Gasteiger partial charge in [-0.1, -0.05) is 30.3 Å². The van der Waals surface area contributed by atoms with Crippen LogP contribution in [0.25, 0.3) is 10.9 Å². The van der Waals surface area contributed by atoms with Crippen LogP contribution in [0, 0.1) is 0 Å². The Kier molecular flexibility index (Phi) is 6.41. The number of carbonyl (C=O) groups excluding carboxylic acids is 1. The van der Waals surface area contributed by atoms with E-state index in [1.165, 1.54) is 19.4 Å². The van der Waals surface area contributed by atoms with Crippen LogP contribution in [0.4, 0.5) is 0 Å². The van der Waals surface area contributed by atoms with E-state index in [0.29, 0.717) is 12.3 Å². The molecule has 0 aliphatic heterocycles. The minimum atomic E-state index is -4.23. The highest BCUT2D eigenvalue weighted by Gasteiger charge is 2.37. The first-order valence-corrected chi connectivity index (χ1v) is 12.9. The van der Waals surface area contributed by atoms with Gasteiger partial charge in [-0.15, -0.1) is 0 Å². The molecule has 0 spiro atoms. The molecule has 7 nitrogen and oxygen atoms in total. The van der Waals surface area contributed by atoms with Crippen LogP contribution in [0.1, 0.15) is 55.8 Å². The lowest BCUT2D eigenvalue weighted by molar-refractivity contribution is -0.119. The summed E-state index contributed by atoms with van der Waals surface area (Å²) in [6.07, 6.45) is 2.74. The van der Waals surface area contributed by atoms with Crippen molar-refractivity contribution in [3.05, 3.63) is 65.4 Å². The van der Waals surface area contributed by atoms with E-state index < -0.39 is 12.8 Å². The van der Waals surface area contributed by atoms with Gasteiger partial charge in [0.2, 0.25) is 5.91 Å². The summed E-state index contributed by atoms with van der Waals surface area (Å²) in [5, 5.41) is -0.206. The number of ether oxygens (including phenoxy) is 1. The minimum Gasteiger partial charge on any atom is -0.494 e. The Morgan fingerprint density at radius 2 is 1.94 bits per heavy atom. The van der Waals surface area contributed by atoms with Gasteiger partial charge in [0.15, 0.2) is 0 Å². The van der Waals surface area contributed by atoms with E-state index in [4.69, 9.17) is 10.5 Å². The molecule has 1 aliphatic carbocycles. The molecule has 0 bridgehead atoms. The van der Waals surface area contributed by atoms with E-state index in [-0.39, 0.29) is 24.9 Å². The second kappa shape index (κ2) is 8.98. The van der Waals surface area contributed by atoms with Crippen LogP contribution in [0.15, 0.2) is 48.5 Å². The summed E-state index contributed by atoms with van der Waals surface area (Å²) in [6, 6.07) is 16.0. The number of nitrogens with two attached hydrogens (primary N) is 1. The van der Waals surface area contributed by atoms with Crippen molar-refractivity contribution in [2.45, 2.75) is 57.1 Å². The molecular weight excluding hydrogens is 439 g/mol. The fourth-order valence-electron chi connectivity index (χ4n) is 4.57. The molecule has 8 heteroatoms. The quantitative estimate of drug-likeness (QED) is 0.424. The van der Waals surface area contributed by atoms with E-state index in [1.807, 2.05) is 36.4 Å². The number of fused-ring (bicyclic) bond motifs is 3. The molecule has 4 N–H and O–H groups in total. The summed E-state index contributed by atoms with van der Waals surface area (Å²) in [4.78, 5) is 31.4. The lowest BCUT2D eigenvalue weighted by Gasteiger charge is -2.25. The Balaban J connectivity index is 1.70. The summed E-state index contributed by atoms with van der Waals surface area (Å²) in [5.74, 6) is -0.0426. The normalized spacial score (nSPS) is 16.5. The molecule has 1 unspecified atom stereocenters. The summed E-state index contributed by atoms with van der Waals surface area (Å²) in [6.45, 7) is 3.96. The van der Waals surface area contributed by atoms with Crippen LogP contribution in [-0.4, -0.2) is 32.0 Å². The van der Waals surface area contributed by atoms with Gasteiger partial charge in [0.1, 0.15) is 5.75 Å². The number of aromatic nitrogens is 1. The fourth-order valence-corrected chi connectivity index (χ4v) is 4.96. The number of primary amides is 1. The van der Waals surface area contributed by atoms with Gasteiger partial charge >= 0.3 is 7.60 Å². The summed E-state index contributed by atoms with van der Waals surface area (Å²) < 4.78 is 19.8. The van der Waals surface area contributed by atoms with Crippen molar-refractivity contribution in [3.63, 3.8) is 0 Å². The fraction of sp³-hybridized carbons (Fsp3) is 0.400. The molecule has 33 heavy (non-hydrogen) atoms. The van der Waals surface area contributed by atoms with Gasteiger partial charge in [-0.05, 0) is 68.9 Å². The lowest BCUT2D eigenvalue weighted by Crippen LogP contribution is -2.25. The number of rotatable bonds is 8. The largest absolute Gasteiger partial charge is 0.494 e. The molecule has 0 saturated carbocycles. The van der Waals surface area contributed by atoms with Crippen molar-refractivity contribution >= 4 is 24.4 Å².